The van der Waals surface area contributed by atoms with Crippen molar-refractivity contribution in [1.29, 1.82) is 0 Å². The van der Waals surface area contributed by atoms with Crippen LogP contribution < -0.4 is 9.80 Å². The van der Waals surface area contributed by atoms with Crippen LogP contribution >= 0.6 is 0 Å². The number of benzene rings is 17. The maximum Gasteiger partial charge on any atom is 0.0619 e. The van der Waals surface area contributed by atoms with Crippen LogP contribution in [0.2, 0.25) is 0 Å². The highest BCUT2D eigenvalue weighted by Crippen LogP contribution is 2.61. The van der Waals surface area contributed by atoms with Crippen LogP contribution in [0.4, 0.5) is 34.1 Å². The number of rotatable bonds is 36. The molecule has 0 amide bonds. The first-order valence-corrected chi connectivity index (χ1v) is 51.9. The molecule has 0 saturated carbocycles. The molecule has 0 bridgehead atoms. The van der Waals surface area contributed by atoms with Crippen LogP contribution in [0.15, 0.2) is 364 Å². The third-order valence-corrected chi connectivity index (χ3v) is 32.0. The average molecular weight is 1770 g/mol. The molecule has 678 valence electrons. The zero-order valence-electron chi connectivity index (χ0n) is 81.5. The molecule has 2 nitrogen and oxygen atoms in total. The van der Waals surface area contributed by atoms with E-state index in [-0.39, 0.29) is 21.7 Å². The van der Waals surface area contributed by atoms with E-state index >= 15 is 0 Å². The summed E-state index contributed by atoms with van der Waals surface area (Å²) in [6.07, 6.45) is 30.9. The van der Waals surface area contributed by atoms with Gasteiger partial charge in [0, 0.05) is 66.0 Å². The third-order valence-electron chi connectivity index (χ3n) is 32.0. The Morgan fingerprint density at radius 3 is 0.684 bits per heavy atom. The van der Waals surface area contributed by atoms with E-state index in [1.54, 1.807) is 22.3 Å². The van der Waals surface area contributed by atoms with Crippen molar-refractivity contribution in [3.63, 3.8) is 0 Å². The van der Waals surface area contributed by atoms with Crippen LogP contribution in [0, 0.1) is 0 Å². The molecular formula is C134H132N2. The highest BCUT2D eigenvalue weighted by atomic mass is 15.2. The Bertz CT molecular complexity index is 6740. The average Bonchev–Trinajstić information content (AvgIpc) is 1.19. The molecule has 0 unspecified atom stereocenters. The van der Waals surface area contributed by atoms with Gasteiger partial charge in [-0.1, -0.05) is 451 Å². The molecule has 0 aromatic heterocycles. The fourth-order valence-corrected chi connectivity index (χ4v) is 24.9. The molecule has 0 heterocycles. The lowest BCUT2D eigenvalue weighted by Gasteiger charge is -2.33. The van der Waals surface area contributed by atoms with Crippen molar-refractivity contribution in [1.82, 2.24) is 0 Å². The molecule has 0 radical (unpaired) electrons. The molecule has 0 fully saturated rings. The molecule has 17 aromatic rings. The second kappa shape index (κ2) is 38.6. The van der Waals surface area contributed by atoms with E-state index in [2.05, 4.69) is 429 Å². The van der Waals surface area contributed by atoms with Gasteiger partial charge in [-0.25, -0.2) is 0 Å². The molecule has 0 N–H and O–H groups in total. The van der Waals surface area contributed by atoms with Gasteiger partial charge in [-0.3, -0.25) is 0 Å². The van der Waals surface area contributed by atoms with Crippen LogP contribution in [0.5, 0.6) is 0 Å². The van der Waals surface area contributed by atoms with Gasteiger partial charge in [0.15, 0.2) is 0 Å². The summed E-state index contributed by atoms with van der Waals surface area (Å²) in [5.74, 6) is 0. The Hall–Kier alpha value is -13.1. The molecule has 0 spiro atoms. The summed E-state index contributed by atoms with van der Waals surface area (Å²) in [6, 6.07) is 141. The molecule has 4 aliphatic rings. The lowest BCUT2D eigenvalue weighted by atomic mass is 9.70. The fraction of sp³-hybridized carbons (Fsp3) is 0.269. The van der Waals surface area contributed by atoms with Crippen molar-refractivity contribution in [2.45, 2.75) is 231 Å². The summed E-state index contributed by atoms with van der Waals surface area (Å²) in [6.45, 7) is 19.1. The molecule has 17 aromatic carbocycles. The molecule has 2 heteroatoms. The molecule has 0 aliphatic heterocycles. The fourth-order valence-electron chi connectivity index (χ4n) is 24.9. The van der Waals surface area contributed by atoms with Crippen molar-refractivity contribution >= 4 is 55.7 Å². The Labute approximate surface area is 810 Å². The number of hydrogen-bond acceptors (Lipinski definition) is 2. The number of hydrogen-bond donors (Lipinski definition) is 0. The lowest BCUT2D eigenvalue weighted by Crippen LogP contribution is -2.25. The summed E-state index contributed by atoms with van der Waals surface area (Å²) in [7, 11) is 0. The van der Waals surface area contributed by atoms with E-state index in [4.69, 9.17) is 0 Å². The molecule has 4 aliphatic carbocycles. The maximum atomic E-state index is 2.63. The van der Waals surface area contributed by atoms with E-state index in [1.165, 1.54) is 276 Å². The second-order valence-corrected chi connectivity index (χ2v) is 41.1. The molecule has 0 saturated heterocycles. The first kappa shape index (κ1) is 89.4. The summed E-state index contributed by atoms with van der Waals surface area (Å²) in [5, 5.41) is 4.61. The first-order chi connectivity index (χ1) is 66.8. The van der Waals surface area contributed by atoms with E-state index in [0.29, 0.717) is 0 Å². The molecule has 21 rings (SSSR count). The summed E-state index contributed by atoms with van der Waals surface area (Å²) in [4.78, 5) is 5.03. The van der Waals surface area contributed by atoms with Crippen molar-refractivity contribution in [2.75, 3.05) is 9.80 Å². The standard InChI is InChI=1S/C134H132N2/c1-9-13-17-21-39-79-133(80-40-22-18-14-10-2)121-65-37-35-59-109(121)115-77-71-103(91-127(115)133)101-69-75-113-111-73-67-99(87-123(111)131(5,6)125(113)89-101)95-49-43-47-93(83-95)97-51-45-57-107(85-97)135(105-53-27-25-28-54-105)129-117-61-31-33-63-119(117)130(120-64-34-32-62-118(120)129)136(106-55-29-26-30-56-106)108-58-46-52-98(86-108)94-48-44-50-96(84-94)100-68-74-112-114-76-70-102(90-126(114)132(7,8)124(112)88-100)104-72-78-116-110-60-36-38-66-122(110)134(128(116)92-104,81-41-23-19-15-11-3)82-42-24-20-16-12-4/h25-38,43-78,83-92H,9-24,39-42,79-82H2,1-8H3. The van der Waals surface area contributed by atoms with Gasteiger partial charge in [0.1, 0.15) is 0 Å². The number of nitrogens with zero attached hydrogens (tertiary/aromatic N) is 2. The van der Waals surface area contributed by atoms with E-state index < -0.39 is 0 Å². The predicted octanol–water partition coefficient (Wildman–Crippen LogP) is 39.5. The Morgan fingerprint density at radius 1 is 0.169 bits per heavy atom. The van der Waals surface area contributed by atoms with Crippen LogP contribution in [0.3, 0.4) is 0 Å². The second-order valence-electron chi connectivity index (χ2n) is 41.1. The van der Waals surface area contributed by atoms with Crippen molar-refractivity contribution in [3.05, 3.63) is 408 Å². The smallest absolute Gasteiger partial charge is 0.0619 e. The lowest BCUT2D eigenvalue weighted by molar-refractivity contribution is 0.399. The van der Waals surface area contributed by atoms with Gasteiger partial charge in [0.05, 0.1) is 11.4 Å². The van der Waals surface area contributed by atoms with Gasteiger partial charge in [-0.2, -0.15) is 0 Å². The zero-order valence-corrected chi connectivity index (χ0v) is 81.5. The largest absolute Gasteiger partial charge is 0.309 e. The topological polar surface area (TPSA) is 6.48 Å². The Kier molecular flexibility index (Phi) is 25.3. The van der Waals surface area contributed by atoms with Crippen molar-refractivity contribution in [3.8, 4) is 111 Å². The van der Waals surface area contributed by atoms with E-state index in [9.17, 15) is 0 Å². The van der Waals surface area contributed by atoms with Crippen molar-refractivity contribution in [2.24, 2.45) is 0 Å². The van der Waals surface area contributed by atoms with Gasteiger partial charge in [-0.05, 0) is 279 Å². The van der Waals surface area contributed by atoms with Crippen LogP contribution in [-0.4, -0.2) is 0 Å². The Balaban J connectivity index is 0.575. The normalized spacial score (nSPS) is 13.9. The van der Waals surface area contributed by atoms with E-state index in [0.717, 1.165) is 66.8 Å². The number of fused-ring (bicyclic) bond motifs is 14. The summed E-state index contributed by atoms with van der Waals surface area (Å²) < 4.78 is 0. The minimum Gasteiger partial charge on any atom is -0.309 e. The SMILES string of the molecule is CCCCCCCC1(CCCCCCC)c2ccccc2-c2ccc(-c3ccc4c(c3)C(C)(C)c3cc(-c5cccc(-c6cccc(N(c7ccccc7)c7c8ccccc8c(N(c8ccccc8)c8cccc(-c9cccc(-c%10ccc%11c(c%10)C(C)(C)c%10cc(-c%12ccc%13c(c%12)C(CCCCCCC)(CCCCCCC)c%12ccccc%12-%13)ccc%10-%11)c9)c8)c8ccccc78)c6)c5)ccc3-4)cc21. The Morgan fingerprint density at radius 2 is 0.390 bits per heavy atom. The minimum atomic E-state index is -0.219. The van der Waals surface area contributed by atoms with Crippen molar-refractivity contribution < 1.29 is 0 Å². The summed E-state index contributed by atoms with van der Waals surface area (Å²) in [5.41, 5.74) is 44.0. The first-order valence-electron chi connectivity index (χ1n) is 51.9. The minimum absolute atomic E-state index is 0.0357. The highest BCUT2D eigenvalue weighted by molar-refractivity contribution is 6.23. The van der Waals surface area contributed by atoms with Gasteiger partial charge < -0.3 is 9.80 Å². The quantitative estimate of drug-likeness (QED) is 0.0219. The van der Waals surface area contributed by atoms with Crippen LogP contribution in [-0.2, 0) is 21.7 Å². The number of unbranched alkanes of at least 4 members (excludes halogenated alkanes) is 16. The van der Waals surface area contributed by atoms with Gasteiger partial charge >= 0.3 is 0 Å². The molecular weight excluding hydrogens is 1640 g/mol. The van der Waals surface area contributed by atoms with Gasteiger partial charge in [0.25, 0.3) is 0 Å². The summed E-state index contributed by atoms with van der Waals surface area (Å²) >= 11 is 0. The van der Waals surface area contributed by atoms with Gasteiger partial charge in [0.2, 0.25) is 0 Å². The monoisotopic (exact) mass is 1770 g/mol. The number of para-hydroxylation sites is 2. The van der Waals surface area contributed by atoms with Crippen LogP contribution in [0.1, 0.15) is 254 Å². The third kappa shape index (κ3) is 16.5. The predicted molar refractivity (Wildman–Crippen MR) is 585 cm³/mol. The van der Waals surface area contributed by atoms with E-state index in [1.807, 2.05) is 0 Å². The molecule has 136 heavy (non-hydrogen) atoms. The maximum absolute atomic E-state index is 2.63. The van der Waals surface area contributed by atoms with Crippen LogP contribution in [0.25, 0.3) is 133 Å². The number of anilines is 6. The zero-order chi connectivity index (χ0) is 92.5. The highest BCUT2D eigenvalue weighted by Gasteiger charge is 2.46. The molecule has 0 atom stereocenters. The van der Waals surface area contributed by atoms with Gasteiger partial charge in [-0.15, -0.1) is 0 Å².